The number of hydrogen-bond donors (Lipinski definition) is 1. The van der Waals surface area contributed by atoms with E-state index in [4.69, 9.17) is 0 Å². The van der Waals surface area contributed by atoms with Crippen molar-refractivity contribution in [2.75, 3.05) is 13.1 Å². The van der Waals surface area contributed by atoms with Gasteiger partial charge in [0.15, 0.2) is 6.04 Å². The van der Waals surface area contributed by atoms with Crippen LogP contribution in [-0.4, -0.2) is 36.0 Å². The zero-order valence-corrected chi connectivity index (χ0v) is 14.5. The van der Waals surface area contributed by atoms with Crippen molar-refractivity contribution in [3.63, 3.8) is 0 Å². The van der Waals surface area contributed by atoms with Crippen molar-refractivity contribution < 1.29 is 22.8 Å². The number of piperidine rings is 1. The average molecular weight is 368 g/mol. The standard InChI is InChI=1S/C19H23F3N2O2/c20-19(21,22)16(13-5-2-1-3-6-13)23-17(25)14-9-11-24(12-10-14)18(26)15-7-4-8-15/h1-3,5-6,14-16H,4,7-12H2,(H,23,25)/t16-/m1/s1. The second kappa shape index (κ2) is 7.68. The molecule has 1 aromatic carbocycles. The topological polar surface area (TPSA) is 49.4 Å². The summed E-state index contributed by atoms with van der Waals surface area (Å²) in [5.41, 5.74) is 0.0194. The van der Waals surface area contributed by atoms with Crippen molar-refractivity contribution in [3.05, 3.63) is 35.9 Å². The molecule has 2 aliphatic rings. The quantitative estimate of drug-likeness (QED) is 0.885. The fourth-order valence-corrected chi connectivity index (χ4v) is 3.54. The first-order valence-corrected chi connectivity index (χ1v) is 9.07. The maximum absolute atomic E-state index is 13.4. The van der Waals surface area contributed by atoms with Gasteiger partial charge in [-0.1, -0.05) is 36.8 Å². The lowest BCUT2D eigenvalue weighted by atomic mass is 9.83. The predicted molar refractivity (Wildman–Crippen MR) is 90.0 cm³/mol. The zero-order valence-electron chi connectivity index (χ0n) is 14.5. The highest BCUT2D eigenvalue weighted by atomic mass is 19.4. The zero-order chi connectivity index (χ0) is 18.7. The van der Waals surface area contributed by atoms with Gasteiger partial charge in [-0.15, -0.1) is 0 Å². The molecule has 1 saturated carbocycles. The van der Waals surface area contributed by atoms with Crippen LogP contribution in [0.5, 0.6) is 0 Å². The summed E-state index contributed by atoms with van der Waals surface area (Å²) in [5.74, 6) is -0.846. The Hall–Kier alpha value is -2.05. The molecule has 2 amide bonds. The summed E-state index contributed by atoms with van der Waals surface area (Å²) in [6, 6.07) is 5.38. The number of rotatable bonds is 4. The summed E-state index contributed by atoms with van der Waals surface area (Å²) in [5, 5.41) is 2.16. The number of nitrogens with one attached hydrogen (secondary N) is 1. The van der Waals surface area contributed by atoms with Gasteiger partial charge in [0, 0.05) is 24.9 Å². The van der Waals surface area contributed by atoms with Crippen molar-refractivity contribution in [1.82, 2.24) is 10.2 Å². The largest absolute Gasteiger partial charge is 0.412 e. The van der Waals surface area contributed by atoms with E-state index >= 15 is 0 Å². The highest BCUT2D eigenvalue weighted by Gasteiger charge is 2.43. The molecule has 1 atom stereocenters. The predicted octanol–water partition coefficient (Wildman–Crippen LogP) is 3.44. The molecule has 0 spiro atoms. The van der Waals surface area contributed by atoms with Crippen molar-refractivity contribution in [1.29, 1.82) is 0 Å². The molecule has 1 aliphatic heterocycles. The number of halogens is 3. The Bertz CT molecular complexity index is 636. The molecule has 0 bridgehead atoms. The molecular weight excluding hydrogens is 345 g/mol. The van der Waals surface area contributed by atoms with Crippen LogP contribution in [0.4, 0.5) is 13.2 Å². The molecule has 1 heterocycles. The van der Waals surface area contributed by atoms with Gasteiger partial charge in [0.1, 0.15) is 0 Å². The van der Waals surface area contributed by atoms with E-state index in [1.54, 1.807) is 11.0 Å². The van der Waals surface area contributed by atoms with E-state index in [0.717, 1.165) is 19.3 Å². The summed E-state index contributed by atoms with van der Waals surface area (Å²) in [6.07, 6.45) is -0.827. The first-order chi connectivity index (χ1) is 12.4. The van der Waals surface area contributed by atoms with E-state index in [0.29, 0.717) is 25.9 Å². The van der Waals surface area contributed by atoms with Crippen LogP contribution < -0.4 is 5.32 Å². The molecule has 4 nitrogen and oxygen atoms in total. The number of hydrogen-bond acceptors (Lipinski definition) is 2. The number of carbonyl (C=O) groups is 2. The molecule has 1 N–H and O–H groups in total. The summed E-state index contributed by atoms with van der Waals surface area (Å²) in [4.78, 5) is 26.4. The lowest BCUT2D eigenvalue weighted by Gasteiger charge is -2.36. The lowest BCUT2D eigenvalue weighted by molar-refractivity contribution is -0.165. The third kappa shape index (κ3) is 4.19. The number of carbonyl (C=O) groups excluding carboxylic acids is 2. The van der Waals surface area contributed by atoms with E-state index in [1.807, 2.05) is 0 Å². The first kappa shape index (κ1) is 18.7. The smallest absolute Gasteiger partial charge is 0.342 e. The molecule has 0 aromatic heterocycles. The molecular formula is C19H23F3N2O2. The molecule has 1 saturated heterocycles. The van der Waals surface area contributed by atoms with Crippen LogP contribution in [0.15, 0.2) is 30.3 Å². The van der Waals surface area contributed by atoms with Crippen LogP contribution in [0.25, 0.3) is 0 Å². The van der Waals surface area contributed by atoms with Crippen molar-refractivity contribution in [2.45, 2.75) is 44.3 Å². The molecule has 3 rings (SSSR count). The molecule has 2 fully saturated rings. The van der Waals surface area contributed by atoms with Gasteiger partial charge in [0.2, 0.25) is 11.8 Å². The van der Waals surface area contributed by atoms with Gasteiger partial charge >= 0.3 is 6.18 Å². The normalized spacial score (nSPS) is 20.3. The lowest BCUT2D eigenvalue weighted by Crippen LogP contribution is -2.47. The number of amides is 2. The second-order valence-corrected chi connectivity index (χ2v) is 7.12. The van der Waals surface area contributed by atoms with E-state index in [2.05, 4.69) is 5.32 Å². The van der Waals surface area contributed by atoms with Crippen molar-refractivity contribution in [2.24, 2.45) is 11.8 Å². The summed E-state index contributed by atoms with van der Waals surface area (Å²) < 4.78 is 40.1. The fourth-order valence-electron chi connectivity index (χ4n) is 3.54. The maximum atomic E-state index is 13.4. The van der Waals surface area contributed by atoms with Crippen molar-refractivity contribution >= 4 is 11.8 Å². The van der Waals surface area contributed by atoms with Crippen LogP contribution in [0.1, 0.15) is 43.7 Å². The Morgan fingerprint density at radius 2 is 1.62 bits per heavy atom. The van der Waals surface area contributed by atoms with Crippen LogP contribution in [-0.2, 0) is 9.59 Å². The Labute approximate surface area is 150 Å². The third-order valence-corrected chi connectivity index (χ3v) is 5.38. The second-order valence-electron chi connectivity index (χ2n) is 7.12. The van der Waals surface area contributed by atoms with Crippen LogP contribution in [0, 0.1) is 11.8 Å². The van der Waals surface area contributed by atoms with Crippen LogP contribution >= 0.6 is 0 Å². The van der Waals surface area contributed by atoms with Gasteiger partial charge in [-0.25, -0.2) is 0 Å². The van der Waals surface area contributed by atoms with Gasteiger partial charge in [-0.2, -0.15) is 13.2 Å². The van der Waals surface area contributed by atoms with E-state index in [1.165, 1.54) is 24.3 Å². The Kier molecular flexibility index (Phi) is 5.53. The summed E-state index contributed by atoms with van der Waals surface area (Å²) in [6.45, 7) is 0.880. The van der Waals surface area contributed by atoms with Crippen LogP contribution in [0.3, 0.4) is 0 Å². The number of benzene rings is 1. The third-order valence-electron chi connectivity index (χ3n) is 5.38. The SMILES string of the molecule is O=C(N[C@H](c1ccccc1)C(F)(F)F)C1CCN(C(=O)C2CCC2)CC1. The minimum atomic E-state index is -4.56. The molecule has 0 radical (unpaired) electrons. The Morgan fingerprint density at radius 1 is 1.00 bits per heavy atom. The summed E-state index contributed by atoms with van der Waals surface area (Å²) >= 11 is 0. The minimum Gasteiger partial charge on any atom is -0.342 e. The molecule has 1 aliphatic carbocycles. The number of nitrogens with zero attached hydrogens (tertiary/aromatic N) is 1. The molecule has 7 heteroatoms. The van der Waals surface area contributed by atoms with Gasteiger partial charge in [-0.05, 0) is 31.2 Å². The summed E-state index contributed by atoms with van der Waals surface area (Å²) in [7, 11) is 0. The van der Waals surface area contributed by atoms with Gasteiger partial charge in [0.25, 0.3) is 0 Å². The number of likely N-dealkylation sites (tertiary alicyclic amines) is 1. The average Bonchev–Trinajstić information content (AvgIpc) is 2.58. The monoisotopic (exact) mass is 368 g/mol. The molecule has 142 valence electrons. The van der Waals surface area contributed by atoms with E-state index in [-0.39, 0.29) is 17.4 Å². The first-order valence-electron chi connectivity index (χ1n) is 9.07. The Balaban J connectivity index is 1.58. The highest BCUT2D eigenvalue weighted by molar-refractivity contribution is 5.81. The van der Waals surface area contributed by atoms with Crippen LogP contribution in [0.2, 0.25) is 0 Å². The van der Waals surface area contributed by atoms with Crippen molar-refractivity contribution in [3.8, 4) is 0 Å². The van der Waals surface area contributed by atoms with Gasteiger partial charge in [-0.3, -0.25) is 9.59 Å². The Morgan fingerprint density at radius 3 is 2.12 bits per heavy atom. The van der Waals surface area contributed by atoms with E-state index < -0.39 is 24.0 Å². The minimum absolute atomic E-state index is 0.0194. The van der Waals surface area contributed by atoms with Gasteiger partial charge in [0.05, 0.1) is 0 Å². The van der Waals surface area contributed by atoms with E-state index in [9.17, 15) is 22.8 Å². The maximum Gasteiger partial charge on any atom is 0.412 e. The molecule has 0 unspecified atom stereocenters. The number of alkyl halides is 3. The molecule has 26 heavy (non-hydrogen) atoms. The fraction of sp³-hybridized carbons (Fsp3) is 0.579. The highest BCUT2D eigenvalue weighted by Crippen LogP contribution is 2.34. The molecule has 1 aromatic rings. The van der Waals surface area contributed by atoms with Gasteiger partial charge < -0.3 is 10.2 Å².